The van der Waals surface area contributed by atoms with Crippen LogP contribution < -0.4 is 5.32 Å². The second kappa shape index (κ2) is 8.42. The first-order chi connectivity index (χ1) is 12.3. The Morgan fingerprint density at radius 3 is 2.38 bits per heavy atom. The first-order valence-corrected chi connectivity index (χ1v) is 9.87. The molecule has 2 rings (SSSR count). The fourth-order valence-corrected chi connectivity index (χ4v) is 4.12. The number of hydrogen-bond acceptors (Lipinski definition) is 3. The predicted octanol–water partition coefficient (Wildman–Crippen LogP) is 3.09. The summed E-state index contributed by atoms with van der Waals surface area (Å²) in [5, 5.41) is 2.65. The second-order valence-corrected chi connectivity index (χ2v) is 7.78. The topological polar surface area (TPSA) is 66.5 Å². The van der Waals surface area contributed by atoms with Crippen molar-refractivity contribution in [2.24, 2.45) is 0 Å². The number of carbonyl (C=O) groups is 1. The number of benzene rings is 2. The number of carbonyl (C=O) groups excluding carboxylic acids is 1. The predicted molar refractivity (Wildman–Crippen MR) is 98.9 cm³/mol. The summed E-state index contributed by atoms with van der Waals surface area (Å²) < 4.78 is 40.3. The van der Waals surface area contributed by atoms with Gasteiger partial charge in [-0.1, -0.05) is 38.1 Å². The fourth-order valence-electron chi connectivity index (χ4n) is 2.63. The van der Waals surface area contributed by atoms with Crippen LogP contribution in [-0.2, 0) is 16.6 Å². The second-order valence-electron chi connectivity index (χ2n) is 5.84. The molecule has 0 aliphatic rings. The Bertz CT molecular complexity index is 893. The van der Waals surface area contributed by atoms with E-state index in [1.165, 1.54) is 22.5 Å². The number of halogens is 1. The van der Waals surface area contributed by atoms with E-state index in [4.69, 9.17) is 0 Å². The van der Waals surface area contributed by atoms with Gasteiger partial charge in [0.15, 0.2) is 0 Å². The number of sulfonamides is 1. The standard InChI is InChI=1S/C19H23FN2O3S/c1-4-22(5-2)26(24,25)16-11-10-14(3)17(12-16)19(23)21-13-15-8-6-7-9-18(15)20/h6-12H,4-5,13H2,1-3H3,(H,21,23). The van der Waals surface area contributed by atoms with E-state index in [0.717, 1.165) is 0 Å². The maximum Gasteiger partial charge on any atom is 0.251 e. The van der Waals surface area contributed by atoms with Gasteiger partial charge in [-0.05, 0) is 30.7 Å². The molecule has 0 aromatic heterocycles. The van der Waals surface area contributed by atoms with E-state index < -0.39 is 21.7 Å². The largest absolute Gasteiger partial charge is 0.348 e. The molecule has 0 unspecified atom stereocenters. The molecular formula is C19H23FN2O3S. The van der Waals surface area contributed by atoms with E-state index >= 15 is 0 Å². The van der Waals surface area contributed by atoms with Gasteiger partial charge in [0.05, 0.1) is 4.90 Å². The van der Waals surface area contributed by atoms with Crippen LogP contribution >= 0.6 is 0 Å². The molecule has 1 amide bonds. The summed E-state index contributed by atoms with van der Waals surface area (Å²) in [6.07, 6.45) is 0. The highest BCUT2D eigenvalue weighted by Gasteiger charge is 2.23. The van der Waals surface area contributed by atoms with Gasteiger partial charge in [-0.25, -0.2) is 12.8 Å². The Kier molecular flexibility index (Phi) is 6.50. The zero-order valence-electron chi connectivity index (χ0n) is 15.1. The van der Waals surface area contributed by atoms with Crippen molar-refractivity contribution in [3.8, 4) is 0 Å². The normalized spacial score (nSPS) is 11.6. The molecule has 26 heavy (non-hydrogen) atoms. The number of nitrogens with zero attached hydrogens (tertiary/aromatic N) is 1. The smallest absolute Gasteiger partial charge is 0.251 e. The Hall–Kier alpha value is -2.25. The average molecular weight is 378 g/mol. The summed E-state index contributed by atoms with van der Waals surface area (Å²) in [4.78, 5) is 12.6. The van der Waals surface area contributed by atoms with Crippen molar-refractivity contribution in [3.05, 3.63) is 65.0 Å². The van der Waals surface area contributed by atoms with Crippen LogP contribution in [-0.4, -0.2) is 31.7 Å². The minimum atomic E-state index is -3.65. The van der Waals surface area contributed by atoms with Gasteiger partial charge in [-0.15, -0.1) is 0 Å². The molecule has 0 saturated heterocycles. The van der Waals surface area contributed by atoms with Crippen LogP contribution in [0.1, 0.15) is 35.3 Å². The third kappa shape index (κ3) is 4.28. The Morgan fingerprint density at radius 2 is 1.77 bits per heavy atom. The summed E-state index contributed by atoms with van der Waals surface area (Å²) >= 11 is 0. The van der Waals surface area contributed by atoms with Crippen molar-refractivity contribution in [1.29, 1.82) is 0 Å². The molecule has 2 aromatic carbocycles. The van der Waals surface area contributed by atoms with Crippen LogP contribution in [0.2, 0.25) is 0 Å². The molecule has 7 heteroatoms. The summed E-state index contributed by atoms with van der Waals surface area (Å²) in [5.41, 5.74) is 1.27. The highest BCUT2D eigenvalue weighted by Crippen LogP contribution is 2.20. The van der Waals surface area contributed by atoms with E-state index in [0.29, 0.717) is 24.2 Å². The van der Waals surface area contributed by atoms with Crippen LogP contribution in [0.25, 0.3) is 0 Å². The number of aryl methyl sites for hydroxylation is 1. The zero-order valence-corrected chi connectivity index (χ0v) is 15.9. The third-order valence-electron chi connectivity index (χ3n) is 4.19. The first-order valence-electron chi connectivity index (χ1n) is 8.43. The highest BCUT2D eigenvalue weighted by atomic mass is 32.2. The average Bonchev–Trinajstić information content (AvgIpc) is 2.61. The molecule has 0 aliphatic heterocycles. The van der Waals surface area contributed by atoms with Gasteiger partial charge in [0, 0.05) is 30.8 Å². The van der Waals surface area contributed by atoms with Gasteiger partial charge in [0.2, 0.25) is 10.0 Å². The van der Waals surface area contributed by atoms with Gasteiger partial charge in [-0.2, -0.15) is 4.31 Å². The molecule has 0 saturated carbocycles. The Labute approximate surface area is 153 Å². The van der Waals surface area contributed by atoms with E-state index in [1.54, 1.807) is 45.0 Å². The lowest BCUT2D eigenvalue weighted by molar-refractivity contribution is 0.0949. The molecule has 0 spiro atoms. The van der Waals surface area contributed by atoms with Crippen LogP contribution in [0.4, 0.5) is 4.39 Å². The monoisotopic (exact) mass is 378 g/mol. The molecule has 0 heterocycles. The van der Waals surface area contributed by atoms with Crippen molar-refractivity contribution in [2.45, 2.75) is 32.2 Å². The maximum absolute atomic E-state index is 13.7. The van der Waals surface area contributed by atoms with Gasteiger partial charge < -0.3 is 5.32 Å². The fraction of sp³-hybridized carbons (Fsp3) is 0.316. The number of hydrogen-bond donors (Lipinski definition) is 1. The van der Waals surface area contributed by atoms with Crippen molar-refractivity contribution >= 4 is 15.9 Å². The van der Waals surface area contributed by atoms with Crippen LogP contribution in [0.5, 0.6) is 0 Å². The van der Waals surface area contributed by atoms with E-state index in [1.807, 2.05) is 0 Å². The SMILES string of the molecule is CCN(CC)S(=O)(=O)c1ccc(C)c(C(=O)NCc2ccccc2F)c1. The van der Waals surface area contributed by atoms with Gasteiger partial charge >= 0.3 is 0 Å². The lowest BCUT2D eigenvalue weighted by atomic mass is 10.1. The van der Waals surface area contributed by atoms with E-state index in [-0.39, 0.29) is 17.0 Å². The molecular weight excluding hydrogens is 355 g/mol. The maximum atomic E-state index is 13.7. The first kappa shape index (κ1) is 20.1. The zero-order chi connectivity index (χ0) is 19.3. The minimum Gasteiger partial charge on any atom is -0.348 e. The van der Waals surface area contributed by atoms with Crippen molar-refractivity contribution in [1.82, 2.24) is 9.62 Å². The molecule has 2 aromatic rings. The minimum absolute atomic E-state index is 0.0258. The van der Waals surface area contributed by atoms with Crippen LogP contribution in [0.15, 0.2) is 47.4 Å². The Balaban J connectivity index is 2.26. The van der Waals surface area contributed by atoms with Gasteiger partial charge in [0.1, 0.15) is 5.82 Å². The summed E-state index contributed by atoms with van der Waals surface area (Å²) in [6, 6.07) is 10.7. The molecule has 5 nitrogen and oxygen atoms in total. The van der Waals surface area contributed by atoms with E-state index in [2.05, 4.69) is 5.32 Å². The lowest BCUT2D eigenvalue weighted by Crippen LogP contribution is -2.31. The van der Waals surface area contributed by atoms with Crippen LogP contribution in [0, 0.1) is 12.7 Å². The Morgan fingerprint density at radius 1 is 1.12 bits per heavy atom. The molecule has 0 atom stereocenters. The molecule has 0 radical (unpaired) electrons. The quantitative estimate of drug-likeness (QED) is 0.805. The number of amides is 1. The van der Waals surface area contributed by atoms with Crippen LogP contribution in [0.3, 0.4) is 0 Å². The number of nitrogens with one attached hydrogen (secondary N) is 1. The summed E-state index contributed by atoms with van der Waals surface area (Å²) in [5.74, 6) is -0.843. The van der Waals surface area contributed by atoms with Crippen molar-refractivity contribution in [2.75, 3.05) is 13.1 Å². The van der Waals surface area contributed by atoms with Crippen molar-refractivity contribution < 1.29 is 17.6 Å². The molecule has 0 aliphatic carbocycles. The van der Waals surface area contributed by atoms with Gasteiger partial charge in [-0.3, -0.25) is 4.79 Å². The lowest BCUT2D eigenvalue weighted by Gasteiger charge is -2.19. The molecule has 0 bridgehead atoms. The highest BCUT2D eigenvalue weighted by molar-refractivity contribution is 7.89. The molecule has 0 fully saturated rings. The third-order valence-corrected chi connectivity index (χ3v) is 6.24. The summed E-state index contributed by atoms with van der Waals surface area (Å²) in [7, 11) is -3.65. The van der Waals surface area contributed by atoms with E-state index in [9.17, 15) is 17.6 Å². The number of rotatable bonds is 7. The summed E-state index contributed by atoms with van der Waals surface area (Å²) in [6.45, 7) is 5.97. The van der Waals surface area contributed by atoms with Gasteiger partial charge in [0.25, 0.3) is 5.91 Å². The molecule has 140 valence electrons. The van der Waals surface area contributed by atoms with Crippen molar-refractivity contribution in [3.63, 3.8) is 0 Å². The molecule has 1 N–H and O–H groups in total.